The van der Waals surface area contributed by atoms with Crippen molar-refractivity contribution in [3.63, 3.8) is 0 Å². The quantitative estimate of drug-likeness (QED) is 0.896. The molecule has 0 amide bonds. The van der Waals surface area contributed by atoms with E-state index in [4.69, 9.17) is 9.47 Å². The zero-order valence-corrected chi connectivity index (χ0v) is 11.2. The van der Waals surface area contributed by atoms with Gasteiger partial charge in [0.05, 0.1) is 11.7 Å². The maximum atomic E-state index is 10.7. The minimum absolute atomic E-state index is 0.171. The maximum Gasteiger partial charge on any atom is 0.119 e. The number of hydrogen-bond acceptors (Lipinski definition) is 3. The molecule has 1 aromatic carbocycles. The molecule has 100 valence electrons. The van der Waals surface area contributed by atoms with Crippen LogP contribution in [0, 0.1) is 0 Å². The first kappa shape index (κ1) is 13.4. The van der Waals surface area contributed by atoms with E-state index >= 15 is 0 Å². The molecule has 1 heterocycles. The van der Waals surface area contributed by atoms with Gasteiger partial charge in [-0.3, -0.25) is 0 Å². The Morgan fingerprint density at radius 3 is 2.56 bits per heavy atom. The van der Waals surface area contributed by atoms with Crippen molar-refractivity contribution in [2.24, 2.45) is 0 Å². The second-order valence-corrected chi connectivity index (χ2v) is 5.19. The van der Waals surface area contributed by atoms with Gasteiger partial charge in [-0.1, -0.05) is 12.1 Å². The van der Waals surface area contributed by atoms with Gasteiger partial charge in [0.25, 0.3) is 0 Å². The molecule has 18 heavy (non-hydrogen) atoms. The molecule has 0 aromatic heterocycles. The molecule has 0 radical (unpaired) electrons. The van der Waals surface area contributed by atoms with E-state index in [0.717, 1.165) is 30.8 Å². The van der Waals surface area contributed by atoms with Crippen LogP contribution in [0.4, 0.5) is 0 Å². The van der Waals surface area contributed by atoms with Crippen molar-refractivity contribution in [3.05, 3.63) is 29.8 Å². The number of rotatable bonds is 3. The average molecular weight is 250 g/mol. The van der Waals surface area contributed by atoms with E-state index in [0.29, 0.717) is 13.0 Å². The van der Waals surface area contributed by atoms with Crippen molar-refractivity contribution in [2.45, 2.75) is 44.8 Å². The van der Waals surface area contributed by atoms with Crippen LogP contribution in [0.1, 0.15) is 38.7 Å². The minimum Gasteiger partial charge on any atom is -0.491 e. The normalized spacial score (nSPS) is 24.9. The fourth-order valence-corrected chi connectivity index (χ4v) is 2.34. The summed E-state index contributed by atoms with van der Waals surface area (Å²) in [4.78, 5) is 0. The third-order valence-electron chi connectivity index (χ3n) is 3.30. The predicted molar refractivity (Wildman–Crippen MR) is 70.8 cm³/mol. The van der Waals surface area contributed by atoms with E-state index in [1.54, 1.807) is 0 Å². The van der Waals surface area contributed by atoms with E-state index < -0.39 is 5.60 Å². The van der Waals surface area contributed by atoms with Crippen LogP contribution in [0.2, 0.25) is 0 Å². The monoisotopic (exact) mass is 250 g/mol. The Morgan fingerprint density at radius 1 is 1.17 bits per heavy atom. The average Bonchev–Trinajstić information content (AvgIpc) is 2.55. The molecule has 1 N–H and O–H groups in total. The van der Waals surface area contributed by atoms with Crippen molar-refractivity contribution in [3.8, 4) is 5.75 Å². The molecule has 1 aromatic rings. The molecular weight excluding hydrogens is 228 g/mol. The third-order valence-corrected chi connectivity index (χ3v) is 3.30. The molecule has 1 aliphatic rings. The molecule has 0 aliphatic carbocycles. The highest BCUT2D eigenvalue weighted by atomic mass is 16.5. The fraction of sp³-hybridized carbons (Fsp3) is 0.600. The summed E-state index contributed by atoms with van der Waals surface area (Å²) in [6.07, 6.45) is 2.50. The second kappa shape index (κ2) is 5.72. The van der Waals surface area contributed by atoms with Crippen LogP contribution in [0.3, 0.4) is 0 Å². The Kier molecular flexibility index (Phi) is 4.25. The summed E-state index contributed by atoms with van der Waals surface area (Å²) < 4.78 is 11.0. The van der Waals surface area contributed by atoms with Crippen molar-refractivity contribution >= 4 is 0 Å². The van der Waals surface area contributed by atoms with E-state index in [1.807, 2.05) is 38.1 Å². The van der Waals surface area contributed by atoms with Gasteiger partial charge >= 0.3 is 0 Å². The van der Waals surface area contributed by atoms with E-state index in [9.17, 15) is 5.11 Å². The fourth-order valence-electron chi connectivity index (χ4n) is 2.34. The molecule has 0 bridgehead atoms. The Balaban J connectivity index is 2.12. The van der Waals surface area contributed by atoms with Gasteiger partial charge in [-0.05, 0) is 44.4 Å². The Labute approximate surface area is 109 Å². The van der Waals surface area contributed by atoms with Gasteiger partial charge in [-0.25, -0.2) is 0 Å². The Morgan fingerprint density at radius 2 is 1.89 bits per heavy atom. The van der Waals surface area contributed by atoms with Crippen molar-refractivity contribution < 1.29 is 14.6 Å². The predicted octanol–water partition coefficient (Wildman–Crippen LogP) is 2.86. The molecule has 1 atom stereocenters. The van der Waals surface area contributed by atoms with Gasteiger partial charge in [0.2, 0.25) is 0 Å². The highest BCUT2D eigenvalue weighted by Crippen LogP contribution is 2.33. The molecule has 0 saturated carbocycles. The lowest BCUT2D eigenvalue weighted by atomic mass is 9.87. The van der Waals surface area contributed by atoms with Crippen LogP contribution in [0.15, 0.2) is 24.3 Å². The van der Waals surface area contributed by atoms with E-state index in [-0.39, 0.29) is 6.10 Å². The topological polar surface area (TPSA) is 38.7 Å². The largest absolute Gasteiger partial charge is 0.491 e. The molecular formula is C15H22O3. The SMILES string of the molecule is CC(C)Oc1ccc(C2(O)CCCOCC2)cc1. The lowest BCUT2D eigenvalue weighted by molar-refractivity contribution is 0.0143. The summed E-state index contributed by atoms with van der Waals surface area (Å²) in [6.45, 7) is 5.38. The summed E-state index contributed by atoms with van der Waals surface area (Å²) in [7, 11) is 0. The first-order valence-electron chi connectivity index (χ1n) is 6.67. The molecule has 1 aliphatic heterocycles. The molecule has 2 rings (SSSR count). The van der Waals surface area contributed by atoms with E-state index in [1.165, 1.54) is 0 Å². The van der Waals surface area contributed by atoms with Gasteiger partial charge in [-0.15, -0.1) is 0 Å². The summed E-state index contributed by atoms with van der Waals surface area (Å²) in [5, 5.41) is 10.7. The van der Waals surface area contributed by atoms with Crippen molar-refractivity contribution in [1.29, 1.82) is 0 Å². The molecule has 3 nitrogen and oxygen atoms in total. The van der Waals surface area contributed by atoms with Crippen LogP contribution in [-0.4, -0.2) is 24.4 Å². The summed E-state index contributed by atoms with van der Waals surface area (Å²) in [6, 6.07) is 7.78. The number of aliphatic hydroxyl groups is 1. The Bertz CT molecular complexity index is 362. The lowest BCUT2D eigenvalue weighted by Crippen LogP contribution is -2.25. The van der Waals surface area contributed by atoms with Crippen LogP contribution in [-0.2, 0) is 10.3 Å². The van der Waals surface area contributed by atoms with Crippen LogP contribution in [0.5, 0.6) is 5.75 Å². The van der Waals surface area contributed by atoms with Crippen molar-refractivity contribution in [2.75, 3.05) is 13.2 Å². The number of ether oxygens (including phenoxy) is 2. The van der Waals surface area contributed by atoms with Gasteiger partial charge in [0.15, 0.2) is 0 Å². The second-order valence-electron chi connectivity index (χ2n) is 5.19. The number of hydrogen-bond donors (Lipinski definition) is 1. The van der Waals surface area contributed by atoms with Gasteiger partial charge in [0.1, 0.15) is 5.75 Å². The van der Waals surface area contributed by atoms with Gasteiger partial charge in [0, 0.05) is 19.6 Å². The molecule has 1 unspecified atom stereocenters. The highest BCUT2D eigenvalue weighted by Gasteiger charge is 2.30. The first-order valence-corrected chi connectivity index (χ1v) is 6.67. The molecule has 3 heteroatoms. The van der Waals surface area contributed by atoms with Gasteiger partial charge in [-0.2, -0.15) is 0 Å². The van der Waals surface area contributed by atoms with Crippen molar-refractivity contribution in [1.82, 2.24) is 0 Å². The summed E-state index contributed by atoms with van der Waals surface area (Å²) >= 11 is 0. The third kappa shape index (κ3) is 3.24. The number of benzene rings is 1. The summed E-state index contributed by atoms with van der Waals surface area (Å²) in [5.41, 5.74) is 0.219. The smallest absolute Gasteiger partial charge is 0.119 e. The maximum absolute atomic E-state index is 10.7. The standard InChI is InChI=1S/C15H22O3/c1-12(2)18-14-6-4-13(5-7-14)15(16)8-3-10-17-11-9-15/h4-7,12,16H,3,8-11H2,1-2H3. The zero-order chi connectivity index (χ0) is 13.0. The molecule has 0 spiro atoms. The Hall–Kier alpha value is -1.06. The van der Waals surface area contributed by atoms with Gasteiger partial charge < -0.3 is 14.6 Å². The zero-order valence-electron chi connectivity index (χ0n) is 11.2. The van der Waals surface area contributed by atoms with E-state index in [2.05, 4.69) is 0 Å². The van der Waals surface area contributed by atoms with Crippen LogP contribution >= 0.6 is 0 Å². The van der Waals surface area contributed by atoms with Crippen LogP contribution < -0.4 is 4.74 Å². The molecule has 1 saturated heterocycles. The molecule has 1 fully saturated rings. The summed E-state index contributed by atoms with van der Waals surface area (Å²) in [5.74, 6) is 0.849. The minimum atomic E-state index is -0.743. The first-order chi connectivity index (χ1) is 8.60. The van der Waals surface area contributed by atoms with Crippen LogP contribution in [0.25, 0.3) is 0 Å². The highest BCUT2D eigenvalue weighted by molar-refractivity contribution is 5.31. The lowest BCUT2D eigenvalue weighted by Gasteiger charge is -2.26.